The van der Waals surface area contributed by atoms with E-state index >= 15 is 0 Å². The molecule has 33 heavy (non-hydrogen) atoms. The number of rotatable bonds is 15. The minimum Gasteiger partial charge on any atom is -0.385 e. The Morgan fingerprint density at radius 1 is 0.939 bits per heavy atom. The molecule has 1 rings (SSSR count). The van der Waals surface area contributed by atoms with E-state index in [0.29, 0.717) is 0 Å². The van der Waals surface area contributed by atoms with E-state index in [1.165, 1.54) is 69.0 Å². The summed E-state index contributed by atoms with van der Waals surface area (Å²) >= 11 is 0. The summed E-state index contributed by atoms with van der Waals surface area (Å²) in [6.07, 6.45) is 15.9. The first-order valence-corrected chi connectivity index (χ1v) is 13.8. The number of hydrogen-bond acceptors (Lipinski definition) is 2. The zero-order valence-corrected chi connectivity index (χ0v) is 23.8. The summed E-state index contributed by atoms with van der Waals surface area (Å²) in [6, 6.07) is 6.52. The van der Waals surface area contributed by atoms with Crippen LogP contribution in [0.2, 0.25) is 0 Å². The Bertz CT molecular complexity index is 603. The van der Waals surface area contributed by atoms with Crippen LogP contribution in [-0.2, 0) is 0 Å². The fourth-order valence-corrected chi connectivity index (χ4v) is 3.75. The topological polar surface area (TPSA) is 24.1 Å². The van der Waals surface area contributed by atoms with Crippen LogP contribution in [0.4, 0.5) is 5.69 Å². The molecule has 0 aliphatic carbocycles. The highest BCUT2D eigenvalue weighted by Gasteiger charge is 2.05. The molecule has 2 heteroatoms. The van der Waals surface area contributed by atoms with E-state index in [0.717, 1.165) is 29.6 Å². The number of nitrogens with one attached hydrogen (secondary N) is 2. The van der Waals surface area contributed by atoms with Crippen molar-refractivity contribution in [3.05, 3.63) is 48.2 Å². The van der Waals surface area contributed by atoms with Gasteiger partial charge in [-0.15, -0.1) is 0 Å². The van der Waals surface area contributed by atoms with Gasteiger partial charge in [-0.25, -0.2) is 0 Å². The van der Waals surface area contributed by atoms with Gasteiger partial charge in [0.15, 0.2) is 0 Å². The summed E-state index contributed by atoms with van der Waals surface area (Å²) in [5, 5.41) is 6.72. The molecule has 0 fully saturated rings. The lowest BCUT2D eigenvalue weighted by Crippen LogP contribution is -2.05. The molecule has 0 saturated heterocycles. The minimum absolute atomic E-state index is 0.932. The van der Waals surface area contributed by atoms with Crippen molar-refractivity contribution in [1.82, 2.24) is 5.32 Å². The lowest BCUT2D eigenvalue weighted by Gasteiger charge is -2.14. The Kier molecular flexibility index (Phi) is 23.8. The highest BCUT2D eigenvalue weighted by Crippen LogP contribution is 2.19. The molecule has 0 aliphatic rings. The molecule has 0 spiro atoms. The van der Waals surface area contributed by atoms with Crippen LogP contribution in [0, 0.1) is 18.8 Å². The first-order chi connectivity index (χ1) is 15.9. The van der Waals surface area contributed by atoms with Crippen molar-refractivity contribution in [3.8, 4) is 0 Å². The van der Waals surface area contributed by atoms with E-state index in [9.17, 15) is 0 Å². The molecule has 1 aromatic carbocycles. The average molecular weight is 459 g/mol. The molecule has 2 unspecified atom stereocenters. The minimum atomic E-state index is 0.932. The first kappa shape index (κ1) is 33.5. The lowest BCUT2D eigenvalue weighted by molar-refractivity contribution is 0.384. The Morgan fingerprint density at radius 3 is 2.18 bits per heavy atom. The van der Waals surface area contributed by atoms with Gasteiger partial charge in [0, 0.05) is 17.9 Å². The van der Waals surface area contributed by atoms with E-state index in [1.807, 2.05) is 33.0 Å². The van der Waals surface area contributed by atoms with Gasteiger partial charge in [-0.1, -0.05) is 106 Å². The summed E-state index contributed by atoms with van der Waals surface area (Å²) in [4.78, 5) is 0. The molecule has 0 aromatic heterocycles. The zero-order valence-electron chi connectivity index (χ0n) is 23.8. The van der Waals surface area contributed by atoms with Crippen LogP contribution < -0.4 is 10.6 Å². The second-order valence-corrected chi connectivity index (χ2v) is 9.19. The number of aryl methyl sites for hydroxylation is 1. The van der Waals surface area contributed by atoms with E-state index in [4.69, 9.17) is 0 Å². The average Bonchev–Trinajstić information content (AvgIpc) is 2.81. The Balaban J connectivity index is 0. The molecular weight excluding hydrogens is 400 g/mol. The summed E-state index contributed by atoms with van der Waals surface area (Å²) < 4.78 is 0. The van der Waals surface area contributed by atoms with Gasteiger partial charge in [0.05, 0.1) is 0 Å². The van der Waals surface area contributed by atoms with Crippen molar-refractivity contribution in [2.75, 3.05) is 11.9 Å². The maximum absolute atomic E-state index is 4.08. The van der Waals surface area contributed by atoms with Crippen LogP contribution in [0.5, 0.6) is 0 Å². The predicted octanol–water partition coefficient (Wildman–Crippen LogP) is 10.4. The van der Waals surface area contributed by atoms with Crippen molar-refractivity contribution in [3.63, 3.8) is 0 Å². The van der Waals surface area contributed by atoms with Crippen LogP contribution in [-0.4, -0.2) is 6.54 Å². The van der Waals surface area contributed by atoms with E-state index < -0.39 is 0 Å². The second kappa shape index (κ2) is 23.5. The largest absolute Gasteiger partial charge is 0.385 e. The van der Waals surface area contributed by atoms with Crippen LogP contribution >= 0.6 is 0 Å². The van der Waals surface area contributed by atoms with Crippen LogP contribution in [0.3, 0.4) is 0 Å². The fraction of sp³-hybridized carbons (Fsp3) is 0.677. The molecule has 0 bridgehead atoms. The smallest absolute Gasteiger partial charge is 0.0381 e. The molecule has 2 nitrogen and oxygen atoms in total. The van der Waals surface area contributed by atoms with E-state index in [1.54, 1.807) is 0 Å². The zero-order chi connectivity index (χ0) is 25.5. The van der Waals surface area contributed by atoms with Crippen LogP contribution in [0.25, 0.3) is 5.70 Å². The monoisotopic (exact) mass is 458 g/mol. The molecule has 0 aliphatic heterocycles. The maximum atomic E-state index is 4.08. The molecule has 0 saturated carbocycles. The summed E-state index contributed by atoms with van der Waals surface area (Å²) in [7, 11) is 0. The number of benzene rings is 1. The second-order valence-electron chi connectivity index (χ2n) is 9.19. The molecule has 0 amide bonds. The third-order valence-electron chi connectivity index (χ3n) is 5.74. The standard InChI is InChI=1S/C19H30N2.C10H22.C2H6/c1-5-7-8-9-10-12-21-19-14-16(3)13-18(15-19)17(4)20-11-6-2;1-5-7-10(4)8-9(3)6-2;1-2/h6,11,13-15,20-21H,4-5,7-10,12H2,1-3H3;9-10H,5-8H2,1-4H3;1-2H3/b11-6-;;. The van der Waals surface area contributed by atoms with Crippen LogP contribution in [0.15, 0.2) is 37.1 Å². The van der Waals surface area contributed by atoms with Gasteiger partial charge in [-0.05, 0) is 74.1 Å². The Morgan fingerprint density at radius 2 is 1.61 bits per heavy atom. The summed E-state index contributed by atoms with van der Waals surface area (Å²) in [6.45, 7) is 24.8. The van der Waals surface area contributed by atoms with Crippen LogP contribution in [0.1, 0.15) is 124 Å². The third kappa shape index (κ3) is 19.5. The van der Waals surface area contributed by atoms with Gasteiger partial charge in [0.25, 0.3) is 0 Å². The fourth-order valence-electron chi connectivity index (χ4n) is 3.75. The lowest BCUT2D eigenvalue weighted by atomic mass is 9.92. The normalized spacial score (nSPS) is 12.2. The number of anilines is 1. The number of hydrogen-bond donors (Lipinski definition) is 2. The van der Waals surface area contributed by atoms with Crippen molar-refractivity contribution in [2.24, 2.45) is 11.8 Å². The summed E-state index contributed by atoms with van der Waals surface area (Å²) in [5.41, 5.74) is 4.51. The van der Waals surface area contributed by atoms with Gasteiger partial charge >= 0.3 is 0 Å². The van der Waals surface area contributed by atoms with Gasteiger partial charge in [0.1, 0.15) is 0 Å². The summed E-state index contributed by atoms with van der Waals surface area (Å²) in [5.74, 6) is 1.88. The molecule has 192 valence electrons. The van der Waals surface area contributed by atoms with Gasteiger partial charge in [-0.2, -0.15) is 0 Å². The predicted molar refractivity (Wildman–Crippen MR) is 155 cm³/mol. The third-order valence-corrected chi connectivity index (χ3v) is 5.74. The number of allylic oxidation sites excluding steroid dienone is 1. The molecule has 0 heterocycles. The van der Waals surface area contributed by atoms with Crippen molar-refractivity contribution in [2.45, 2.75) is 120 Å². The van der Waals surface area contributed by atoms with Gasteiger partial charge in [0.2, 0.25) is 0 Å². The van der Waals surface area contributed by atoms with E-state index in [2.05, 4.69) is 77.0 Å². The molecule has 1 aromatic rings. The van der Waals surface area contributed by atoms with Crippen molar-refractivity contribution >= 4 is 11.4 Å². The Hall–Kier alpha value is -1.70. The maximum Gasteiger partial charge on any atom is 0.0381 e. The molecule has 2 atom stereocenters. The number of unbranched alkanes of at least 4 members (excludes halogenated alkanes) is 4. The van der Waals surface area contributed by atoms with E-state index in [-0.39, 0.29) is 0 Å². The molecular formula is C31H58N2. The highest BCUT2D eigenvalue weighted by molar-refractivity contribution is 5.67. The SMILES string of the molecule is C=C(N/C=C\C)c1cc(C)cc(NCCCCCCC)c1.CC.CCCC(C)CC(C)CC. The first-order valence-electron chi connectivity index (χ1n) is 13.8. The highest BCUT2D eigenvalue weighted by atomic mass is 14.9. The van der Waals surface area contributed by atoms with Crippen molar-refractivity contribution < 1.29 is 0 Å². The quantitative estimate of drug-likeness (QED) is 0.255. The molecule has 0 radical (unpaired) electrons. The van der Waals surface area contributed by atoms with Crippen molar-refractivity contribution in [1.29, 1.82) is 0 Å². The molecule has 2 N–H and O–H groups in total. The van der Waals surface area contributed by atoms with Gasteiger partial charge < -0.3 is 10.6 Å². The van der Waals surface area contributed by atoms with Gasteiger partial charge in [-0.3, -0.25) is 0 Å². The Labute approximate surface area is 208 Å².